The third-order valence-corrected chi connectivity index (χ3v) is 5.23. The van der Waals surface area contributed by atoms with Gasteiger partial charge in [0.1, 0.15) is 11.4 Å². The Morgan fingerprint density at radius 1 is 1.32 bits per heavy atom. The van der Waals surface area contributed by atoms with E-state index >= 15 is 0 Å². The number of aryl methyl sites for hydroxylation is 1. The van der Waals surface area contributed by atoms with Crippen LogP contribution in [-0.4, -0.2) is 46.2 Å². The first-order valence-corrected chi connectivity index (χ1v) is 9.32. The molecule has 0 radical (unpaired) electrons. The molecule has 0 saturated carbocycles. The SMILES string of the molecule is Cn1cccc(C(=O)NCC2CCN(c3cc(C(=O)O)c(Cl)cn3)CC2)c1=O. The van der Waals surface area contributed by atoms with Crippen molar-refractivity contribution in [3.63, 3.8) is 0 Å². The van der Waals surface area contributed by atoms with Crippen LogP contribution < -0.4 is 15.8 Å². The normalized spacial score (nSPS) is 14.7. The van der Waals surface area contributed by atoms with Crippen LogP contribution in [0.3, 0.4) is 0 Å². The fourth-order valence-electron chi connectivity index (χ4n) is 3.23. The summed E-state index contributed by atoms with van der Waals surface area (Å²) in [5.41, 5.74) is -0.155. The van der Waals surface area contributed by atoms with Crippen LogP contribution in [0.25, 0.3) is 0 Å². The second-order valence-corrected chi connectivity index (χ2v) is 7.21. The van der Waals surface area contributed by atoms with E-state index in [4.69, 9.17) is 11.6 Å². The number of carboxylic acid groups (broad SMARTS) is 1. The molecule has 0 spiro atoms. The second kappa shape index (κ2) is 8.43. The number of pyridine rings is 2. The number of hydrogen-bond acceptors (Lipinski definition) is 5. The number of piperidine rings is 1. The molecule has 0 aromatic carbocycles. The number of rotatable bonds is 5. The number of aromatic carboxylic acids is 1. The van der Waals surface area contributed by atoms with E-state index in [-0.39, 0.29) is 33.5 Å². The maximum absolute atomic E-state index is 12.3. The molecule has 8 nitrogen and oxygen atoms in total. The highest BCUT2D eigenvalue weighted by molar-refractivity contribution is 6.33. The second-order valence-electron chi connectivity index (χ2n) is 6.81. The van der Waals surface area contributed by atoms with Crippen LogP contribution in [-0.2, 0) is 7.05 Å². The topological polar surface area (TPSA) is 105 Å². The predicted octanol–water partition coefficient (Wildman–Crippen LogP) is 1.78. The molecule has 0 unspecified atom stereocenters. The lowest BCUT2D eigenvalue weighted by molar-refractivity contribution is 0.0696. The minimum Gasteiger partial charge on any atom is -0.478 e. The molecular formula is C19H21ClN4O4. The standard InChI is InChI=1S/C19H21ClN4O4/c1-23-6-2-3-13(18(23)26)17(25)22-10-12-4-7-24(8-5-12)16-9-14(19(27)28)15(20)11-21-16/h2-3,6,9,11-12H,4-5,7-8,10H2,1H3,(H,22,25)(H,27,28). The fourth-order valence-corrected chi connectivity index (χ4v) is 3.42. The van der Waals surface area contributed by atoms with Gasteiger partial charge < -0.3 is 19.9 Å². The number of carboxylic acids is 1. The summed E-state index contributed by atoms with van der Waals surface area (Å²) in [4.78, 5) is 41.7. The number of nitrogens with one attached hydrogen (secondary N) is 1. The van der Waals surface area contributed by atoms with E-state index in [0.717, 1.165) is 12.8 Å². The first-order chi connectivity index (χ1) is 13.4. The number of hydrogen-bond donors (Lipinski definition) is 2. The van der Waals surface area contributed by atoms with Crippen LogP contribution in [0.1, 0.15) is 33.6 Å². The highest BCUT2D eigenvalue weighted by atomic mass is 35.5. The Labute approximate surface area is 166 Å². The largest absolute Gasteiger partial charge is 0.478 e. The van der Waals surface area contributed by atoms with Gasteiger partial charge in [0.05, 0.1) is 10.6 Å². The van der Waals surface area contributed by atoms with Crippen LogP contribution in [0.4, 0.5) is 5.82 Å². The van der Waals surface area contributed by atoms with E-state index in [1.807, 2.05) is 4.90 Å². The molecule has 2 aromatic rings. The fraction of sp³-hybridized carbons (Fsp3) is 0.368. The lowest BCUT2D eigenvalue weighted by Crippen LogP contribution is -2.40. The highest BCUT2D eigenvalue weighted by Crippen LogP contribution is 2.25. The lowest BCUT2D eigenvalue weighted by Gasteiger charge is -2.33. The molecule has 0 bridgehead atoms. The van der Waals surface area contributed by atoms with Gasteiger partial charge in [0.2, 0.25) is 0 Å². The Balaban J connectivity index is 1.55. The van der Waals surface area contributed by atoms with E-state index in [0.29, 0.717) is 25.5 Å². The zero-order chi connectivity index (χ0) is 20.3. The van der Waals surface area contributed by atoms with Crippen molar-refractivity contribution in [2.24, 2.45) is 13.0 Å². The van der Waals surface area contributed by atoms with Gasteiger partial charge >= 0.3 is 5.97 Å². The lowest BCUT2D eigenvalue weighted by atomic mass is 9.96. The number of carbonyl (C=O) groups excluding carboxylic acids is 1. The molecule has 1 aliphatic heterocycles. The first-order valence-electron chi connectivity index (χ1n) is 8.94. The average Bonchev–Trinajstić information content (AvgIpc) is 2.69. The van der Waals surface area contributed by atoms with Gasteiger partial charge in [-0.2, -0.15) is 0 Å². The summed E-state index contributed by atoms with van der Waals surface area (Å²) in [5, 5.41) is 12.1. The smallest absolute Gasteiger partial charge is 0.337 e. The number of anilines is 1. The molecule has 0 aliphatic carbocycles. The van der Waals surface area contributed by atoms with Crippen molar-refractivity contribution in [1.29, 1.82) is 0 Å². The highest BCUT2D eigenvalue weighted by Gasteiger charge is 2.22. The maximum atomic E-state index is 12.3. The van der Waals surface area contributed by atoms with E-state index in [2.05, 4.69) is 10.3 Å². The summed E-state index contributed by atoms with van der Waals surface area (Å²) >= 11 is 5.87. The van der Waals surface area contributed by atoms with Crippen molar-refractivity contribution in [2.75, 3.05) is 24.5 Å². The van der Waals surface area contributed by atoms with Gasteiger partial charge in [-0.15, -0.1) is 0 Å². The molecule has 3 rings (SSSR count). The third-order valence-electron chi connectivity index (χ3n) is 4.93. The Bertz CT molecular complexity index is 951. The van der Waals surface area contributed by atoms with Crippen LogP contribution in [0, 0.1) is 5.92 Å². The molecule has 1 amide bonds. The van der Waals surface area contributed by atoms with Crippen LogP contribution in [0.15, 0.2) is 35.4 Å². The number of nitrogens with zero attached hydrogens (tertiary/aromatic N) is 3. The summed E-state index contributed by atoms with van der Waals surface area (Å²) in [6.45, 7) is 1.88. The summed E-state index contributed by atoms with van der Waals surface area (Å²) in [7, 11) is 1.61. The molecule has 148 valence electrons. The Hall–Kier alpha value is -2.87. The van der Waals surface area contributed by atoms with Gasteiger partial charge in [-0.25, -0.2) is 9.78 Å². The number of halogens is 1. The van der Waals surface area contributed by atoms with Crippen molar-refractivity contribution >= 4 is 29.3 Å². The van der Waals surface area contributed by atoms with E-state index in [9.17, 15) is 19.5 Å². The molecular weight excluding hydrogens is 384 g/mol. The van der Waals surface area contributed by atoms with Gasteiger partial charge in [-0.1, -0.05) is 11.6 Å². The summed E-state index contributed by atoms with van der Waals surface area (Å²) in [6.07, 6.45) is 4.60. The molecule has 3 heterocycles. The number of carbonyl (C=O) groups is 2. The van der Waals surface area contributed by atoms with E-state index in [1.165, 1.54) is 22.9 Å². The van der Waals surface area contributed by atoms with Crippen LogP contribution >= 0.6 is 11.6 Å². The molecule has 1 fully saturated rings. The Morgan fingerprint density at radius 3 is 2.71 bits per heavy atom. The van der Waals surface area contributed by atoms with E-state index in [1.54, 1.807) is 19.3 Å². The van der Waals surface area contributed by atoms with Crippen molar-refractivity contribution in [3.8, 4) is 0 Å². The zero-order valence-corrected chi connectivity index (χ0v) is 16.1. The van der Waals surface area contributed by atoms with Crippen molar-refractivity contribution in [1.82, 2.24) is 14.9 Å². The quantitative estimate of drug-likeness (QED) is 0.787. The Morgan fingerprint density at radius 2 is 2.04 bits per heavy atom. The average molecular weight is 405 g/mol. The van der Waals surface area contributed by atoms with E-state index < -0.39 is 5.97 Å². The summed E-state index contributed by atoms with van der Waals surface area (Å²) in [5.74, 6) is -0.594. The molecule has 1 aliphatic rings. The molecule has 2 N–H and O–H groups in total. The van der Waals surface area contributed by atoms with Crippen LogP contribution in [0.5, 0.6) is 0 Å². The molecule has 0 atom stereocenters. The monoisotopic (exact) mass is 404 g/mol. The minimum atomic E-state index is -1.08. The Kier molecular flexibility index (Phi) is 5.99. The van der Waals surface area contributed by atoms with Gasteiger partial charge in [0, 0.05) is 39.1 Å². The summed E-state index contributed by atoms with van der Waals surface area (Å²) < 4.78 is 1.37. The molecule has 28 heavy (non-hydrogen) atoms. The summed E-state index contributed by atoms with van der Waals surface area (Å²) in [6, 6.07) is 4.67. The molecule has 2 aromatic heterocycles. The van der Waals surface area contributed by atoms with Gasteiger partial charge in [-0.05, 0) is 37.0 Å². The minimum absolute atomic E-state index is 0.0329. The van der Waals surface area contributed by atoms with Crippen molar-refractivity contribution < 1.29 is 14.7 Å². The molecule has 9 heteroatoms. The number of aromatic nitrogens is 2. The van der Waals surface area contributed by atoms with Crippen molar-refractivity contribution in [3.05, 3.63) is 57.1 Å². The van der Waals surface area contributed by atoms with Gasteiger partial charge in [0.15, 0.2) is 0 Å². The van der Waals surface area contributed by atoms with Gasteiger partial charge in [0.25, 0.3) is 11.5 Å². The first kappa shape index (κ1) is 19.9. The zero-order valence-electron chi connectivity index (χ0n) is 15.4. The maximum Gasteiger partial charge on any atom is 0.337 e. The molecule has 1 saturated heterocycles. The predicted molar refractivity (Wildman–Crippen MR) is 105 cm³/mol. The third kappa shape index (κ3) is 4.33. The van der Waals surface area contributed by atoms with Crippen molar-refractivity contribution in [2.45, 2.75) is 12.8 Å². The van der Waals surface area contributed by atoms with Gasteiger partial charge in [-0.3, -0.25) is 9.59 Å². The number of amides is 1. The van der Waals surface area contributed by atoms with Crippen LogP contribution in [0.2, 0.25) is 5.02 Å².